The number of hydrogen-bond acceptors (Lipinski definition) is 18. The maximum atomic E-state index is 16.1. The lowest BCUT2D eigenvalue weighted by molar-refractivity contribution is -0.258. The van der Waals surface area contributed by atoms with Gasteiger partial charge in [-0.15, -0.1) is 23.5 Å². The third kappa shape index (κ3) is 18.8. The zero-order valence-corrected chi connectivity index (χ0v) is 50.1. The molecule has 2 aromatic carbocycles. The quantitative estimate of drug-likeness (QED) is 0.0388. The van der Waals surface area contributed by atoms with Gasteiger partial charge in [-0.25, -0.2) is 0 Å². The summed E-state index contributed by atoms with van der Waals surface area (Å²) in [5.41, 5.74) is -1.98. The number of benzene rings is 2. The van der Waals surface area contributed by atoms with Gasteiger partial charge in [-0.3, -0.25) is 9.59 Å². The fourth-order valence-corrected chi connectivity index (χ4v) is 12.5. The van der Waals surface area contributed by atoms with Crippen molar-refractivity contribution in [3.63, 3.8) is 0 Å². The van der Waals surface area contributed by atoms with E-state index in [0.717, 1.165) is 23.5 Å². The van der Waals surface area contributed by atoms with Gasteiger partial charge in [0.15, 0.2) is 0 Å². The first kappa shape index (κ1) is 70.2. The van der Waals surface area contributed by atoms with Crippen molar-refractivity contribution in [2.24, 2.45) is 0 Å². The molecule has 4 N–H and O–H groups in total. The van der Waals surface area contributed by atoms with Crippen LogP contribution in [0.4, 0.5) is 26.3 Å². The number of amides is 2. The van der Waals surface area contributed by atoms with E-state index in [1.54, 1.807) is 52.0 Å². The molecule has 26 heteroatoms. The molecular weight excluding hydrogens is 1170 g/mol. The minimum absolute atomic E-state index is 0.0267. The second-order valence-electron chi connectivity index (χ2n) is 20.2. The fourth-order valence-electron chi connectivity index (χ4n) is 9.31. The molecule has 85 heavy (non-hydrogen) atoms. The van der Waals surface area contributed by atoms with Gasteiger partial charge in [0.1, 0.15) is 0 Å². The van der Waals surface area contributed by atoms with Crippen LogP contribution in [0.25, 0.3) is 9.81 Å². The summed E-state index contributed by atoms with van der Waals surface area (Å²) >= 11 is 2.21. The number of fused-ring (bicyclic) bond motifs is 4. The molecule has 0 aromatic heterocycles. The van der Waals surface area contributed by atoms with Crippen LogP contribution in [0, 0.1) is 0 Å². The molecule has 1 saturated carbocycles. The average Bonchev–Trinajstić information content (AvgIpc) is 1.50. The number of rotatable bonds is 44. The molecule has 6 rings (SSSR count). The monoisotopic (exact) mass is 1250 g/mol. The van der Waals surface area contributed by atoms with Crippen molar-refractivity contribution in [3.8, 4) is 0 Å². The van der Waals surface area contributed by atoms with Gasteiger partial charge < -0.3 is 77.7 Å². The number of carbonyl (C=O) groups excluding carboxylic acids is 2. The lowest BCUT2D eigenvalue weighted by Gasteiger charge is -2.47. The minimum atomic E-state index is -5.74. The Kier molecular flexibility index (Phi) is 28.7. The molecular formula is C59H80F6N2O16S2. The highest BCUT2D eigenvalue weighted by Crippen LogP contribution is 2.75. The highest BCUT2D eigenvalue weighted by Gasteiger charge is 2.84. The van der Waals surface area contributed by atoms with Crippen molar-refractivity contribution < 1.29 is 103 Å². The Labute approximate surface area is 500 Å². The van der Waals surface area contributed by atoms with Crippen molar-refractivity contribution in [3.05, 3.63) is 105 Å². The summed E-state index contributed by atoms with van der Waals surface area (Å²) in [7, 11) is 0. The van der Waals surface area contributed by atoms with Crippen molar-refractivity contribution in [1.82, 2.24) is 10.6 Å². The number of aliphatic hydroxyl groups is 2. The van der Waals surface area contributed by atoms with Crippen molar-refractivity contribution >= 4 is 45.1 Å². The van der Waals surface area contributed by atoms with Gasteiger partial charge in [0.05, 0.1) is 181 Å². The van der Waals surface area contributed by atoms with E-state index in [4.69, 9.17) is 67.1 Å². The smallest absolute Gasteiger partial charge is 0.380 e. The predicted octanol–water partition coefficient (Wildman–Crippen LogP) is 7.03. The maximum absolute atomic E-state index is 16.1. The summed E-state index contributed by atoms with van der Waals surface area (Å²) in [4.78, 5) is 27.2. The predicted molar refractivity (Wildman–Crippen MR) is 308 cm³/mol. The lowest BCUT2D eigenvalue weighted by Crippen LogP contribution is -2.48. The number of thioether (sulfide) groups is 2. The van der Waals surface area contributed by atoms with E-state index in [1.807, 2.05) is 0 Å². The van der Waals surface area contributed by atoms with E-state index in [2.05, 4.69) is 10.6 Å². The highest BCUT2D eigenvalue weighted by atomic mass is 32.2. The van der Waals surface area contributed by atoms with E-state index in [9.17, 15) is 9.59 Å². The molecule has 2 aliphatic carbocycles. The van der Waals surface area contributed by atoms with Crippen molar-refractivity contribution in [2.45, 2.75) is 67.0 Å². The highest BCUT2D eigenvalue weighted by molar-refractivity contribution is 8.14. The summed E-state index contributed by atoms with van der Waals surface area (Å²) in [5.74, 6) is -17.0. The topological polar surface area (TPSA) is 209 Å². The fraction of sp³-hybridized carbons (Fsp3) is 0.627. The van der Waals surface area contributed by atoms with Crippen LogP contribution < -0.4 is 10.6 Å². The number of ether oxygens (including phenoxy) is 12. The molecule has 0 spiro atoms. The Morgan fingerprint density at radius 2 is 0.671 bits per heavy atom. The molecule has 0 bridgehead atoms. The zero-order valence-electron chi connectivity index (χ0n) is 48.5. The molecule has 18 nitrogen and oxygen atoms in total. The zero-order chi connectivity index (χ0) is 61.4. The molecule has 4 aliphatic rings. The molecule has 476 valence electrons. The number of allylic oxidation sites excluding steroid dienone is 4. The molecule has 1 fully saturated rings. The number of nitrogens with one attached hydrogen (secondary N) is 2. The third-order valence-electron chi connectivity index (χ3n) is 13.9. The SMILES string of the molecule is C[C@@H](COCCOCCOCCOCCOCCOCCO)NC(=O)c1ccc(C2=CC3=C4C(=C5C=C(c6ccc(C(=O)N[C@@H](C)COCCOCCOCCOCCOCCOCCO)cc6)SC5(C)C3(C)S2)C(F)(F)C(F)(F)C4(F)F)cc1. The lowest BCUT2D eigenvalue weighted by atomic mass is 9.71. The van der Waals surface area contributed by atoms with Crippen LogP contribution in [0.1, 0.15) is 59.5 Å². The van der Waals surface area contributed by atoms with Gasteiger partial charge in [-0.2, -0.15) is 26.3 Å². The normalized spacial score (nSPS) is 20.7. The first-order valence-electron chi connectivity index (χ1n) is 28.3. The van der Waals surface area contributed by atoms with Crippen LogP contribution in [0.3, 0.4) is 0 Å². The van der Waals surface area contributed by atoms with E-state index >= 15 is 26.3 Å². The maximum Gasteiger partial charge on any atom is 0.380 e. The number of halogens is 6. The molecule has 4 atom stereocenters. The Hall–Kier alpha value is -3.94. The Morgan fingerprint density at radius 1 is 0.424 bits per heavy atom. The van der Waals surface area contributed by atoms with Crippen LogP contribution >= 0.6 is 23.5 Å². The van der Waals surface area contributed by atoms with Crippen LogP contribution in [-0.4, -0.2) is 233 Å². The second-order valence-corrected chi connectivity index (χ2v) is 23.1. The summed E-state index contributed by atoms with van der Waals surface area (Å²) in [6.45, 7) is 15.1. The van der Waals surface area contributed by atoms with E-state index < -0.39 is 62.3 Å². The largest absolute Gasteiger partial charge is 0.394 e. The molecule has 0 radical (unpaired) electrons. The third-order valence-corrected chi connectivity index (χ3v) is 17.2. The summed E-state index contributed by atoms with van der Waals surface area (Å²) < 4.78 is 158. The number of hydrogen-bond donors (Lipinski definition) is 4. The first-order chi connectivity index (χ1) is 40.8. The Bertz CT molecular complexity index is 2380. The van der Waals surface area contributed by atoms with Crippen LogP contribution in [-0.2, 0) is 56.8 Å². The van der Waals surface area contributed by atoms with Gasteiger partial charge in [0.25, 0.3) is 11.8 Å². The number of alkyl halides is 6. The number of carbonyl (C=O) groups is 2. The molecule has 2 heterocycles. The van der Waals surface area contributed by atoms with Crippen LogP contribution in [0.5, 0.6) is 0 Å². The summed E-state index contributed by atoms with van der Waals surface area (Å²) in [6, 6.07) is 11.7. The van der Waals surface area contributed by atoms with E-state index in [0.29, 0.717) is 140 Å². The van der Waals surface area contributed by atoms with Crippen molar-refractivity contribution in [2.75, 3.05) is 172 Å². The van der Waals surface area contributed by atoms with E-state index in [-0.39, 0.29) is 75.1 Å². The Balaban J connectivity index is 0.941. The van der Waals surface area contributed by atoms with Gasteiger partial charge in [0, 0.05) is 44.2 Å². The van der Waals surface area contributed by atoms with Gasteiger partial charge in [-0.1, -0.05) is 24.3 Å². The average molecular weight is 1250 g/mol. The van der Waals surface area contributed by atoms with Crippen LogP contribution in [0.2, 0.25) is 0 Å². The standard InChI is InChI=1S/C59H80F6N2O16S2/c1-41(39-82-35-33-80-31-29-78-27-25-76-23-21-74-19-17-72-15-13-68)66-53(70)45-9-5-43(6-10-45)49-37-47-51-52(58(62,63)59(64,65)57(51,60)61)48-38-50(85-56(48,4)55(47,3)84-49)44-7-11-46(12-8-44)54(71)67-42(2)40-83-36-34-81-32-30-79-28-26-77-24-22-75-20-18-73-16-14-69/h5-12,37-38,41-42,68-69H,13-36,39-40H2,1-4H3,(H,66,70)(H,67,71)/t41-,42-,55?,56?/m0/s1. The molecule has 2 aromatic rings. The van der Waals surface area contributed by atoms with Gasteiger partial charge >= 0.3 is 17.8 Å². The van der Waals surface area contributed by atoms with Gasteiger partial charge in [0.2, 0.25) is 0 Å². The number of aliphatic hydroxyl groups excluding tert-OH is 2. The minimum Gasteiger partial charge on any atom is -0.394 e. The van der Waals surface area contributed by atoms with Gasteiger partial charge in [-0.05, 0) is 86.4 Å². The Morgan fingerprint density at radius 3 is 0.929 bits per heavy atom. The molecule has 2 aliphatic heterocycles. The second kappa shape index (κ2) is 34.7. The summed E-state index contributed by atoms with van der Waals surface area (Å²) in [5, 5.41) is 23.1. The summed E-state index contributed by atoms with van der Waals surface area (Å²) in [6.07, 6.45) is 2.58. The van der Waals surface area contributed by atoms with Crippen molar-refractivity contribution in [1.29, 1.82) is 0 Å². The first-order valence-corrected chi connectivity index (χ1v) is 29.9. The van der Waals surface area contributed by atoms with E-state index in [1.165, 1.54) is 36.4 Å². The molecule has 2 amide bonds. The van der Waals surface area contributed by atoms with Crippen LogP contribution in [0.15, 0.2) is 83.0 Å². The molecule has 0 saturated heterocycles. The molecule has 2 unspecified atom stereocenters.